The van der Waals surface area contributed by atoms with Crippen molar-refractivity contribution in [1.29, 1.82) is 0 Å². The molecule has 0 aliphatic heterocycles. The fourth-order valence-electron chi connectivity index (χ4n) is 2.62. The molecule has 146 valence electrons. The number of hydrogen-bond donors (Lipinski definition) is 1. The molecule has 2 aromatic heterocycles. The average Bonchev–Trinajstić information content (AvgIpc) is 3.20. The van der Waals surface area contributed by atoms with E-state index in [9.17, 15) is 9.59 Å². The molecule has 2 heterocycles. The minimum atomic E-state index is -0.290. The van der Waals surface area contributed by atoms with Crippen LogP contribution in [0.3, 0.4) is 0 Å². The van der Waals surface area contributed by atoms with Gasteiger partial charge >= 0.3 is 0 Å². The molecule has 0 atom stereocenters. The number of nitrogens with one attached hydrogen (secondary N) is 1. The van der Waals surface area contributed by atoms with Crippen molar-refractivity contribution in [2.75, 3.05) is 13.2 Å². The lowest BCUT2D eigenvalue weighted by atomic mass is 10.1. The van der Waals surface area contributed by atoms with Crippen molar-refractivity contribution in [1.82, 2.24) is 24.9 Å². The summed E-state index contributed by atoms with van der Waals surface area (Å²) < 4.78 is 8.35. The Kier molecular flexibility index (Phi) is 6.10. The van der Waals surface area contributed by atoms with E-state index in [1.54, 1.807) is 41.3 Å². The van der Waals surface area contributed by atoms with Gasteiger partial charge in [-0.15, -0.1) is 5.10 Å². The third-order valence-corrected chi connectivity index (χ3v) is 4.61. The summed E-state index contributed by atoms with van der Waals surface area (Å²) >= 11 is 6.12. The first kappa shape index (κ1) is 19.6. The Morgan fingerprint density at radius 2 is 2.00 bits per heavy atom. The van der Waals surface area contributed by atoms with Crippen molar-refractivity contribution in [3.8, 4) is 11.6 Å². The molecular weight excluding hydrogens is 382 g/mol. The highest BCUT2D eigenvalue weighted by molar-refractivity contribution is 6.32. The van der Waals surface area contributed by atoms with Gasteiger partial charge in [0.05, 0.1) is 6.54 Å². The molecule has 0 fully saturated rings. The van der Waals surface area contributed by atoms with E-state index in [-0.39, 0.29) is 31.2 Å². The summed E-state index contributed by atoms with van der Waals surface area (Å²) in [5.41, 5.74) is 1.52. The molecular formula is C19H20ClN5O3. The Labute approximate surface area is 166 Å². The SMILES string of the molecule is Cc1cc(OCC(=O)NCCn2nc(-n3cccn3)ccc2=O)cc(C)c1Cl. The van der Waals surface area contributed by atoms with E-state index in [0.717, 1.165) is 11.1 Å². The average molecular weight is 402 g/mol. The van der Waals surface area contributed by atoms with Gasteiger partial charge in [-0.1, -0.05) is 11.6 Å². The molecule has 1 N–H and O–H groups in total. The van der Waals surface area contributed by atoms with E-state index in [1.807, 2.05) is 13.8 Å². The third-order valence-electron chi connectivity index (χ3n) is 4.02. The fourth-order valence-corrected chi connectivity index (χ4v) is 2.72. The first-order valence-corrected chi connectivity index (χ1v) is 9.06. The Morgan fingerprint density at radius 3 is 2.68 bits per heavy atom. The second-order valence-corrected chi connectivity index (χ2v) is 6.59. The first-order valence-electron chi connectivity index (χ1n) is 8.68. The maximum absolute atomic E-state index is 12.0. The van der Waals surface area contributed by atoms with Crippen LogP contribution >= 0.6 is 11.6 Å². The zero-order valence-electron chi connectivity index (χ0n) is 15.6. The van der Waals surface area contributed by atoms with Crippen LogP contribution in [0.25, 0.3) is 5.82 Å². The summed E-state index contributed by atoms with van der Waals surface area (Å²) in [7, 11) is 0. The topological polar surface area (TPSA) is 91.0 Å². The molecule has 0 saturated carbocycles. The number of benzene rings is 1. The minimum absolute atomic E-state index is 0.129. The monoisotopic (exact) mass is 401 g/mol. The highest BCUT2D eigenvalue weighted by Crippen LogP contribution is 2.25. The Bertz CT molecular complexity index is 1010. The van der Waals surface area contributed by atoms with Crippen LogP contribution in [0.2, 0.25) is 5.02 Å². The molecule has 3 rings (SSSR count). The number of aromatic nitrogens is 4. The maximum atomic E-state index is 12.0. The summed E-state index contributed by atoms with van der Waals surface area (Å²) in [6.07, 6.45) is 3.36. The molecule has 0 spiro atoms. The Hall–Kier alpha value is -3.13. The molecule has 0 saturated heterocycles. The number of halogens is 1. The lowest BCUT2D eigenvalue weighted by Crippen LogP contribution is -2.34. The fraction of sp³-hybridized carbons (Fsp3) is 0.263. The predicted molar refractivity (Wildman–Crippen MR) is 105 cm³/mol. The maximum Gasteiger partial charge on any atom is 0.266 e. The van der Waals surface area contributed by atoms with Gasteiger partial charge in [-0.2, -0.15) is 5.10 Å². The molecule has 0 unspecified atom stereocenters. The van der Waals surface area contributed by atoms with E-state index in [4.69, 9.17) is 16.3 Å². The van der Waals surface area contributed by atoms with Crippen LogP contribution in [0, 0.1) is 13.8 Å². The predicted octanol–water partition coefficient (Wildman–Crippen LogP) is 1.89. The van der Waals surface area contributed by atoms with Crippen molar-refractivity contribution in [3.05, 3.63) is 69.2 Å². The summed E-state index contributed by atoms with van der Waals surface area (Å²) in [5, 5.41) is 11.7. The lowest BCUT2D eigenvalue weighted by Gasteiger charge is -2.11. The number of ether oxygens (including phenoxy) is 1. The first-order chi connectivity index (χ1) is 13.4. The molecule has 28 heavy (non-hydrogen) atoms. The molecule has 1 amide bonds. The van der Waals surface area contributed by atoms with Crippen molar-refractivity contribution in [2.24, 2.45) is 0 Å². The van der Waals surface area contributed by atoms with Gasteiger partial charge in [-0.3, -0.25) is 9.59 Å². The summed E-state index contributed by atoms with van der Waals surface area (Å²) in [4.78, 5) is 23.9. The van der Waals surface area contributed by atoms with Crippen LogP contribution in [0.15, 0.2) is 47.5 Å². The Balaban J connectivity index is 1.52. The van der Waals surface area contributed by atoms with E-state index >= 15 is 0 Å². The standard InChI is InChI=1S/C19H20ClN5O3/c1-13-10-15(11-14(2)19(13)20)28-12-17(26)21-7-9-25-18(27)5-4-16(23-25)24-8-3-6-22-24/h3-6,8,10-11H,7,9,12H2,1-2H3,(H,21,26). The van der Waals surface area contributed by atoms with E-state index in [0.29, 0.717) is 16.6 Å². The normalized spacial score (nSPS) is 10.7. The third kappa shape index (κ3) is 4.77. The molecule has 0 aliphatic carbocycles. The number of rotatable bonds is 7. The van der Waals surface area contributed by atoms with Gasteiger partial charge < -0.3 is 10.1 Å². The largest absolute Gasteiger partial charge is 0.484 e. The number of carbonyl (C=O) groups is 1. The van der Waals surface area contributed by atoms with Crippen LogP contribution in [-0.4, -0.2) is 38.6 Å². The number of carbonyl (C=O) groups excluding carboxylic acids is 1. The number of hydrogen-bond acceptors (Lipinski definition) is 5. The minimum Gasteiger partial charge on any atom is -0.484 e. The van der Waals surface area contributed by atoms with Crippen molar-refractivity contribution in [3.63, 3.8) is 0 Å². The van der Waals surface area contributed by atoms with Crippen molar-refractivity contribution in [2.45, 2.75) is 20.4 Å². The van der Waals surface area contributed by atoms with Crippen LogP contribution < -0.4 is 15.6 Å². The quantitative estimate of drug-likeness (QED) is 0.652. The highest BCUT2D eigenvalue weighted by Gasteiger charge is 2.07. The van der Waals surface area contributed by atoms with Gasteiger partial charge in [0.2, 0.25) is 0 Å². The lowest BCUT2D eigenvalue weighted by molar-refractivity contribution is -0.123. The second-order valence-electron chi connectivity index (χ2n) is 6.21. The number of amides is 1. The smallest absolute Gasteiger partial charge is 0.266 e. The molecule has 8 nitrogen and oxygen atoms in total. The Morgan fingerprint density at radius 1 is 1.25 bits per heavy atom. The highest BCUT2D eigenvalue weighted by atomic mass is 35.5. The molecule has 1 aromatic carbocycles. The zero-order chi connectivity index (χ0) is 20.1. The van der Waals surface area contributed by atoms with Crippen LogP contribution in [0.5, 0.6) is 5.75 Å². The van der Waals surface area contributed by atoms with Gasteiger partial charge in [0.15, 0.2) is 12.4 Å². The summed E-state index contributed by atoms with van der Waals surface area (Å²) in [6.45, 7) is 4.11. The van der Waals surface area contributed by atoms with Crippen molar-refractivity contribution < 1.29 is 9.53 Å². The zero-order valence-corrected chi connectivity index (χ0v) is 16.3. The van der Waals surface area contributed by atoms with Gasteiger partial charge in [0.25, 0.3) is 11.5 Å². The molecule has 9 heteroatoms. The van der Waals surface area contributed by atoms with E-state index in [2.05, 4.69) is 15.5 Å². The van der Waals surface area contributed by atoms with Crippen molar-refractivity contribution >= 4 is 17.5 Å². The van der Waals surface area contributed by atoms with E-state index < -0.39 is 0 Å². The van der Waals surface area contributed by atoms with Crippen LogP contribution in [0.1, 0.15) is 11.1 Å². The molecule has 0 aliphatic rings. The molecule has 0 bridgehead atoms. The second kappa shape index (κ2) is 8.71. The summed E-state index contributed by atoms with van der Waals surface area (Å²) in [5.74, 6) is 0.814. The van der Waals surface area contributed by atoms with Crippen LogP contribution in [0.4, 0.5) is 0 Å². The van der Waals surface area contributed by atoms with Gasteiger partial charge in [-0.25, -0.2) is 9.36 Å². The molecule has 0 radical (unpaired) electrons. The number of nitrogens with zero attached hydrogens (tertiary/aromatic N) is 4. The van der Waals surface area contributed by atoms with Crippen LogP contribution in [-0.2, 0) is 11.3 Å². The number of aryl methyl sites for hydroxylation is 2. The molecule has 3 aromatic rings. The van der Waals surface area contributed by atoms with Gasteiger partial charge in [0, 0.05) is 30.0 Å². The van der Waals surface area contributed by atoms with E-state index in [1.165, 1.54) is 10.7 Å². The summed E-state index contributed by atoms with van der Waals surface area (Å²) in [6, 6.07) is 8.34. The van der Waals surface area contributed by atoms with Gasteiger partial charge in [0.1, 0.15) is 5.75 Å². The van der Waals surface area contributed by atoms with Gasteiger partial charge in [-0.05, 0) is 49.2 Å².